The molecular formula is C44H49FN6O4. The minimum Gasteiger partial charge on any atom is -0.461 e. The maximum absolute atomic E-state index is 14.7. The Morgan fingerprint density at radius 3 is 2.51 bits per heavy atom. The molecule has 0 radical (unpaired) electrons. The summed E-state index contributed by atoms with van der Waals surface area (Å²) in [6, 6.07) is 27.9. The molecule has 0 aliphatic carbocycles. The second-order valence-corrected chi connectivity index (χ2v) is 15.8. The molecule has 0 bridgehead atoms. The van der Waals surface area contributed by atoms with Crippen LogP contribution in [0.15, 0.2) is 72.8 Å². The largest absolute Gasteiger partial charge is 0.461 e. The maximum atomic E-state index is 14.7. The molecule has 55 heavy (non-hydrogen) atoms. The summed E-state index contributed by atoms with van der Waals surface area (Å²) in [5, 5.41) is 11.1. The number of fused-ring (bicyclic) bond motifs is 4. The van der Waals surface area contributed by atoms with Crippen LogP contribution in [0.5, 0.6) is 6.01 Å². The molecule has 3 aromatic carbocycles. The molecule has 3 fully saturated rings. The van der Waals surface area contributed by atoms with Crippen molar-refractivity contribution in [1.29, 1.82) is 5.26 Å². The van der Waals surface area contributed by atoms with E-state index in [1.54, 1.807) is 0 Å². The summed E-state index contributed by atoms with van der Waals surface area (Å²) in [4.78, 5) is 17.0. The Morgan fingerprint density at radius 1 is 0.964 bits per heavy atom. The zero-order valence-corrected chi connectivity index (χ0v) is 31.6. The molecule has 6 heterocycles. The Morgan fingerprint density at radius 2 is 1.75 bits per heavy atom. The fourth-order valence-corrected chi connectivity index (χ4v) is 9.58. The lowest BCUT2D eigenvalue weighted by Crippen LogP contribution is -2.46. The van der Waals surface area contributed by atoms with Gasteiger partial charge in [-0.25, -0.2) is 4.39 Å². The van der Waals surface area contributed by atoms with Crippen molar-refractivity contribution in [1.82, 2.24) is 14.9 Å². The van der Waals surface area contributed by atoms with Gasteiger partial charge in [-0.05, 0) is 55.5 Å². The van der Waals surface area contributed by atoms with Crippen molar-refractivity contribution >= 4 is 11.5 Å². The fourth-order valence-electron chi connectivity index (χ4n) is 9.58. The summed E-state index contributed by atoms with van der Waals surface area (Å²) in [5.41, 5.74) is 6.06. The number of hydrogen-bond donors (Lipinski definition) is 0. The first-order chi connectivity index (χ1) is 26.9. The van der Waals surface area contributed by atoms with E-state index in [0.717, 1.165) is 77.4 Å². The van der Waals surface area contributed by atoms with Gasteiger partial charge in [-0.3, -0.25) is 4.90 Å². The molecule has 4 aromatic rings. The number of halogens is 1. The second kappa shape index (κ2) is 15.1. The number of ether oxygens (including phenoxy) is 4. The normalized spacial score (nSPS) is 26.2. The molecule has 3 saturated heterocycles. The van der Waals surface area contributed by atoms with Crippen molar-refractivity contribution in [2.45, 2.75) is 82.1 Å². The van der Waals surface area contributed by atoms with Gasteiger partial charge >= 0.3 is 6.01 Å². The van der Waals surface area contributed by atoms with Crippen LogP contribution < -0.4 is 14.5 Å². The Hall–Kier alpha value is -4.60. The van der Waals surface area contributed by atoms with Gasteiger partial charge in [0.25, 0.3) is 0 Å². The predicted molar refractivity (Wildman–Crippen MR) is 207 cm³/mol. The topological polar surface area (TPSA) is 96.2 Å². The van der Waals surface area contributed by atoms with E-state index in [-0.39, 0.29) is 24.9 Å². The molecule has 0 amide bonds. The zero-order chi connectivity index (χ0) is 37.4. The van der Waals surface area contributed by atoms with Crippen LogP contribution in [-0.2, 0) is 45.9 Å². The van der Waals surface area contributed by atoms with Crippen molar-refractivity contribution < 1.29 is 23.3 Å². The van der Waals surface area contributed by atoms with Gasteiger partial charge < -0.3 is 28.7 Å². The van der Waals surface area contributed by atoms with Gasteiger partial charge in [0.15, 0.2) is 0 Å². The summed E-state index contributed by atoms with van der Waals surface area (Å²) in [7, 11) is 0. The molecule has 286 valence electrons. The Labute approximate surface area is 322 Å². The van der Waals surface area contributed by atoms with E-state index >= 15 is 0 Å². The molecule has 11 heteroatoms. The third-order valence-corrected chi connectivity index (χ3v) is 12.3. The van der Waals surface area contributed by atoms with Crippen molar-refractivity contribution in [2.75, 3.05) is 62.4 Å². The van der Waals surface area contributed by atoms with Crippen LogP contribution in [0.2, 0.25) is 0 Å². The summed E-state index contributed by atoms with van der Waals surface area (Å²) in [6.07, 6.45) is 2.62. The number of anilines is 2. The summed E-state index contributed by atoms with van der Waals surface area (Å²) in [5.74, 6) is 0.799. The molecule has 5 aliphatic rings. The zero-order valence-electron chi connectivity index (χ0n) is 31.6. The minimum atomic E-state index is -0.959. The molecule has 10 nitrogen and oxygen atoms in total. The van der Waals surface area contributed by atoms with Gasteiger partial charge in [-0.1, -0.05) is 66.7 Å². The van der Waals surface area contributed by atoms with Crippen LogP contribution in [-0.4, -0.2) is 79.2 Å². The van der Waals surface area contributed by atoms with E-state index < -0.39 is 11.8 Å². The first-order valence-corrected chi connectivity index (χ1v) is 19.8. The number of alkyl halides is 1. The van der Waals surface area contributed by atoms with Gasteiger partial charge in [0, 0.05) is 63.3 Å². The number of rotatable bonds is 9. The van der Waals surface area contributed by atoms with E-state index in [1.165, 1.54) is 0 Å². The highest BCUT2D eigenvalue weighted by Gasteiger charge is 2.50. The third-order valence-electron chi connectivity index (χ3n) is 12.3. The number of aromatic nitrogens is 2. The number of benzene rings is 3. The molecular weight excluding hydrogens is 696 g/mol. The monoisotopic (exact) mass is 744 g/mol. The van der Waals surface area contributed by atoms with Crippen LogP contribution in [0.4, 0.5) is 15.9 Å². The fraction of sp³-hybridized carbons (Fsp3) is 0.477. The van der Waals surface area contributed by atoms with Crippen molar-refractivity contribution in [3.8, 4) is 12.1 Å². The molecule has 1 aromatic heterocycles. The number of nitrogens with zero attached hydrogens (tertiary/aromatic N) is 6. The summed E-state index contributed by atoms with van der Waals surface area (Å²) < 4.78 is 40.5. The van der Waals surface area contributed by atoms with Crippen LogP contribution in [0.1, 0.15) is 77.8 Å². The van der Waals surface area contributed by atoms with Gasteiger partial charge in [0.2, 0.25) is 0 Å². The van der Waals surface area contributed by atoms with Crippen molar-refractivity contribution in [3.05, 3.63) is 112 Å². The smallest absolute Gasteiger partial charge is 0.318 e. The van der Waals surface area contributed by atoms with E-state index in [4.69, 9.17) is 28.9 Å². The van der Waals surface area contributed by atoms with Crippen LogP contribution in [0.25, 0.3) is 0 Å². The average molecular weight is 745 g/mol. The van der Waals surface area contributed by atoms with E-state index in [9.17, 15) is 9.65 Å². The van der Waals surface area contributed by atoms with Crippen LogP contribution in [0.3, 0.4) is 0 Å². The van der Waals surface area contributed by atoms with Gasteiger partial charge in [0.05, 0.1) is 48.4 Å². The minimum absolute atomic E-state index is 0.222. The van der Waals surface area contributed by atoms with Crippen LogP contribution >= 0.6 is 0 Å². The molecule has 2 unspecified atom stereocenters. The average Bonchev–Trinajstić information content (AvgIpc) is 3.59. The highest BCUT2D eigenvalue weighted by molar-refractivity contribution is 5.67. The first kappa shape index (κ1) is 36.1. The SMILES string of the molecule is CC1OCC2(Cc3nc(OC[C@@]45CCCN4C[C@H](F)C5)nc(N4CCCOCC4)c3CO2)c2c1ccc(N(Cc1ccccc1)Cc1ccccc1)c2C#N. The van der Waals surface area contributed by atoms with E-state index in [0.29, 0.717) is 70.4 Å². The lowest BCUT2D eigenvalue weighted by atomic mass is 9.77. The lowest BCUT2D eigenvalue weighted by Gasteiger charge is -2.45. The molecule has 9 rings (SSSR count). The number of nitriles is 1. The van der Waals surface area contributed by atoms with Gasteiger partial charge in [-0.2, -0.15) is 15.2 Å². The highest BCUT2D eigenvalue weighted by Crippen LogP contribution is 2.49. The van der Waals surface area contributed by atoms with Gasteiger partial charge in [0.1, 0.15) is 30.3 Å². The predicted octanol–water partition coefficient (Wildman–Crippen LogP) is 6.80. The summed E-state index contributed by atoms with van der Waals surface area (Å²) in [6.45, 7) is 8.32. The summed E-state index contributed by atoms with van der Waals surface area (Å²) >= 11 is 0. The van der Waals surface area contributed by atoms with E-state index in [2.05, 4.69) is 81.4 Å². The van der Waals surface area contributed by atoms with E-state index in [1.807, 2.05) is 19.1 Å². The van der Waals surface area contributed by atoms with Gasteiger partial charge in [-0.15, -0.1) is 0 Å². The molecule has 1 spiro atoms. The second-order valence-electron chi connectivity index (χ2n) is 15.8. The third kappa shape index (κ3) is 6.95. The van der Waals surface area contributed by atoms with Crippen molar-refractivity contribution in [2.24, 2.45) is 0 Å². The highest BCUT2D eigenvalue weighted by atomic mass is 19.1. The van der Waals surface area contributed by atoms with Crippen molar-refractivity contribution in [3.63, 3.8) is 0 Å². The number of hydrogen-bond acceptors (Lipinski definition) is 10. The lowest BCUT2D eigenvalue weighted by molar-refractivity contribution is -0.148. The molecule has 0 saturated carbocycles. The van der Waals surface area contributed by atoms with Crippen LogP contribution in [0, 0.1) is 11.3 Å². The molecule has 0 N–H and O–H groups in total. The Kier molecular flexibility index (Phi) is 9.93. The molecule has 5 aliphatic heterocycles. The Bertz CT molecular complexity index is 2000. The Balaban J connectivity index is 1.11. The first-order valence-electron chi connectivity index (χ1n) is 19.8. The standard InChI is InChI=1S/C44H49FN6O4/c1-31-35-14-15-39(50(25-32-10-4-2-5-11-32)26-33-12-6-3-7-13-33)36(24-46)40(35)44(30-53-31)23-38-37(28-55-44)41(49-17-9-20-52-21-19-49)48-42(47-38)54-29-43-16-8-18-51(43)27-34(45)22-43/h2-7,10-15,31,34H,8-9,16-23,25-30H2,1H3/t31?,34-,43+,44?/m1/s1. The molecule has 4 atom stereocenters. The quantitative estimate of drug-likeness (QED) is 0.182. The maximum Gasteiger partial charge on any atom is 0.318 e.